The summed E-state index contributed by atoms with van der Waals surface area (Å²) >= 11 is 0. The third-order valence-corrected chi connectivity index (χ3v) is 3.04. The smallest absolute Gasteiger partial charge is 0.352 e. The lowest BCUT2D eigenvalue weighted by Gasteiger charge is -2.16. The van der Waals surface area contributed by atoms with Crippen LogP contribution in [0.1, 0.15) is 24.2 Å². The number of hydrogen-bond acceptors (Lipinski definition) is 4. The molecule has 0 N–H and O–H groups in total. The highest BCUT2D eigenvalue weighted by molar-refractivity contribution is 5.81. The van der Waals surface area contributed by atoms with Crippen molar-refractivity contribution in [2.24, 2.45) is 0 Å². The highest BCUT2D eigenvalue weighted by Crippen LogP contribution is 2.20. The second-order valence-electron chi connectivity index (χ2n) is 4.70. The first-order valence-corrected chi connectivity index (χ1v) is 7.15. The summed E-state index contributed by atoms with van der Waals surface area (Å²) in [5.41, 5.74) is 1.44. The van der Waals surface area contributed by atoms with Gasteiger partial charge in [-0.3, -0.25) is 4.79 Å². The van der Waals surface area contributed by atoms with E-state index in [1.165, 1.54) is 0 Å². The minimum absolute atomic E-state index is 0.115. The van der Waals surface area contributed by atoms with Crippen LogP contribution in [0.15, 0.2) is 60.7 Å². The van der Waals surface area contributed by atoms with E-state index in [2.05, 4.69) is 0 Å². The Hall–Kier alpha value is -2.62. The number of carbonyl (C=O) groups excluding carboxylic acids is 2. The van der Waals surface area contributed by atoms with Crippen molar-refractivity contribution in [3.8, 4) is 0 Å². The number of rotatable bonds is 6. The molecule has 0 aliphatic heterocycles. The van der Waals surface area contributed by atoms with Crippen LogP contribution in [0.3, 0.4) is 0 Å². The van der Waals surface area contributed by atoms with E-state index in [-0.39, 0.29) is 13.0 Å². The van der Waals surface area contributed by atoms with Crippen molar-refractivity contribution in [3.05, 3.63) is 71.8 Å². The quantitative estimate of drug-likeness (QED) is 0.769. The Morgan fingerprint density at radius 1 is 0.955 bits per heavy atom. The maximum absolute atomic E-state index is 12.1. The zero-order valence-corrected chi connectivity index (χ0v) is 12.4. The molecule has 0 aromatic heterocycles. The lowest BCUT2D eigenvalue weighted by molar-refractivity contribution is -0.167. The minimum Gasteiger partial charge on any atom is -0.463 e. The van der Waals surface area contributed by atoms with Gasteiger partial charge in [-0.05, 0) is 12.5 Å². The van der Waals surface area contributed by atoms with Gasteiger partial charge in [0.05, 0.1) is 13.0 Å². The summed E-state index contributed by atoms with van der Waals surface area (Å²) in [6, 6.07) is 18.1. The molecule has 0 fully saturated rings. The first-order chi connectivity index (χ1) is 10.7. The molecule has 4 nitrogen and oxygen atoms in total. The topological polar surface area (TPSA) is 52.6 Å². The van der Waals surface area contributed by atoms with Crippen LogP contribution in [0, 0.1) is 0 Å². The van der Waals surface area contributed by atoms with Crippen molar-refractivity contribution < 1.29 is 19.1 Å². The van der Waals surface area contributed by atoms with Gasteiger partial charge in [-0.1, -0.05) is 60.7 Å². The van der Waals surface area contributed by atoms with Crippen molar-refractivity contribution >= 4 is 11.9 Å². The molecule has 0 aliphatic rings. The zero-order valence-electron chi connectivity index (χ0n) is 12.4. The first kappa shape index (κ1) is 15.8. The zero-order chi connectivity index (χ0) is 15.8. The normalized spacial score (nSPS) is 11.5. The molecule has 0 amide bonds. The van der Waals surface area contributed by atoms with Gasteiger partial charge >= 0.3 is 11.9 Å². The second kappa shape index (κ2) is 7.98. The van der Waals surface area contributed by atoms with E-state index in [0.29, 0.717) is 5.56 Å². The summed E-state index contributed by atoms with van der Waals surface area (Å²) in [6.45, 7) is 1.95. The fraction of sp³-hybridized carbons (Fsp3) is 0.222. The standard InChI is InChI=1S/C18H18O4/c1-2-21-18(20)17(15-11-7-4-8-12-15)22-16(19)13-14-9-5-3-6-10-14/h3-12,17H,2,13H2,1H3. The van der Waals surface area contributed by atoms with E-state index >= 15 is 0 Å². The summed E-state index contributed by atoms with van der Waals surface area (Å²) in [5, 5.41) is 0. The molecular weight excluding hydrogens is 280 g/mol. The maximum Gasteiger partial charge on any atom is 0.352 e. The van der Waals surface area contributed by atoms with Crippen LogP contribution in [0.2, 0.25) is 0 Å². The van der Waals surface area contributed by atoms with Crippen molar-refractivity contribution in [3.63, 3.8) is 0 Å². The second-order valence-corrected chi connectivity index (χ2v) is 4.70. The number of benzene rings is 2. The predicted octanol–water partition coefficient (Wildman–Crippen LogP) is 3.08. The number of esters is 2. The molecule has 0 aliphatic carbocycles. The molecule has 0 heterocycles. The van der Waals surface area contributed by atoms with E-state index in [1.54, 1.807) is 31.2 Å². The summed E-state index contributed by atoms with van der Waals surface area (Å²) in [7, 11) is 0. The summed E-state index contributed by atoms with van der Waals surface area (Å²) in [6.07, 6.45) is -0.916. The molecule has 22 heavy (non-hydrogen) atoms. The first-order valence-electron chi connectivity index (χ1n) is 7.15. The average Bonchev–Trinajstić information content (AvgIpc) is 2.54. The third-order valence-electron chi connectivity index (χ3n) is 3.04. The van der Waals surface area contributed by atoms with E-state index in [0.717, 1.165) is 5.56 Å². The van der Waals surface area contributed by atoms with E-state index in [4.69, 9.17) is 9.47 Å². The van der Waals surface area contributed by atoms with E-state index in [1.807, 2.05) is 36.4 Å². The van der Waals surface area contributed by atoms with Gasteiger partial charge in [-0.2, -0.15) is 0 Å². The predicted molar refractivity (Wildman–Crippen MR) is 82.1 cm³/mol. The van der Waals surface area contributed by atoms with Crippen LogP contribution in [-0.2, 0) is 25.5 Å². The third kappa shape index (κ3) is 4.45. The molecule has 0 bridgehead atoms. The molecule has 2 aromatic carbocycles. The van der Waals surface area contributed by atoms with Gasteiger partial charge in [0, 0.05) is 5.56 Å². The van der Waals surface area contributed by atoms with Crippen LogP contribution in [-0.4, -0.2) is 18.5 Å². The Balaban J connectivity index is 2.09. The summed E-state index contributed by atoms with van der Waals surface area (Å²) in [4.78, 5) is 24.1. The highest BCUT2D eigenvalue weighted by Gasteiger charge is 2.26. The Labute approximate surface area is 129 Å². The molecule has 0 spiro atoms. The van der Waals surface area contributed by atoms with Crippen LogP contribution >= 0.6 is 0 Å². The molecular formula is C18H18O4. The molecule has 2 rings (SSSR count). The van der Waals surface area contributed by atoms with Gasteiger partial charge in [-0.25, -0.2) is 4.79 Å². The number of hydrogen-bond donors (Lipinski definition) is 0. The molecule has 1 unspecified atom stereocenters. The Kier molecular flexibility index (Phi) is 5.72. The fourth-order valence-electron chi connectivity index (χ4n) is 2.03. The number of ether oxygens (including phenoxy) is 2. The van der Waals surface area contributed by atoms with Gasteiger partial charge in [0.15, 0.2) is 0 Å². The molecule has 0 saturated carbocycles. The van der Waals surface area contributed by atoms with Gasteiger partial charge in [0.2, 0.25) is 6.10 Å². The van der Waals surface area contributed by atoms with Crippen molar-refractivity contribution in [1.29, 1.82) is 0 Å². The minimum atomic E-state index is -1.03. The van der Waals surface area contributed by atoms with E-state index < -0.39 is 18.0 Å². The van der Waals surface area contributed by atoms with Crippen LogP contribution in [0.25, 0.3) is 0 Å². The number of carbonyl (C=O) groups is 2. The molecule has 1 atom stereocenters. The van der Waals surface area contributed by atoms with Crippen molar-refractivity contribution in [2.45, 2.75) is 19.4 Å². The maximum atomic E-state index is 12.1. The average molecular weight is 298 g/mol. The van der Waals surface area contributed by atoms with Crippen molar-refractivity contribution in [1.82, 2.24) is 0 Å². The molecule has 0 saturated heterocycles. The van der Waals surface area contributed by atoms with Crippen LogP contribution < -0.4 is 0 Å². The lowest BCUT2D eigenvalue weighted by atomic mass is 10.1. The molecule has 114 valence electrons. The summed E-state index contributed by atoms with van der Waals surface area (Å²) in [5.74, 6) is -1.02. The largest absolute Gasteiger partial charge is 0.463 e. The Bertz CT molecular complexity index is 607. The Morgan fingerprint density at radius 3 is 2.14 bits per heavy atom. The van der Waals surface area contributed by atoms with Gasteiger partial charge in [0.25, 0.3) is 0 Å². The molecule has 0 radical (unpaired) electrons. The SMILES string of the molecule is CCOC(=O)C(OC(=O)Cc1ccccc1)c1ccccc1. The lowest BCUT2D eigenvalue weighted by Crippen LogP contribution is -2.23. The fourth-order valence-corrected chi connectivity index (χ4v) is 2.03. The van der Waals surface area contributed by atoms with Crippen LogP contribution in [0.4, 0.5) is 0 Å². The monoisotopic (exact) mass is 298 g/mol. The molecule has 2 aromatic rings. The van der Waals surface area contributed by atoms with Crippen molar-refractivity contribution in [2.75, 3.05) is 6.61 Å². The summed E-state index contributed by atoms with van der Waals surface area (Å²) < 4.78 is 10.3. The molecule has 4 heteroatoms. The van der Waals surface area contributed by atoms with Gasteiger partial charge in [-0.15, -0.1) is 0 Å². The van der Waals surface area contributed by atoms with Crippen LogP contribution in [0.5, 0.6) is 0 Å². The van der Waals surface area contributed by atoms with Gasteiger partial charge < -0.3 is 9.47 Å². The highest BCUT2D eigenvalue weighted by atomic mass is 16.6. The Morgan fingerprint density at radius 2 is 1.55 bits per heavy atom. The van der Waals surface area contributed by atoms with E-state index in [9.17, 15) is 9.59 Å². The van der Waals surface area contributed by atoms with Gasteiger partial charge in [0.1, 0.15) is 0 Å².